The van der Waals surface area contributed by atoms with Gasteiger partial charge in [-0.25, -0.2) is 5.84 Å². The van der Waals surface area contributed by atoms with E-state index in [9.17, 15) is 14.9 Å². The van der Waals surface area contributed by atoms with Crippen molar-refractivity contribution >= 4 is 35.0 Å². The van der Waals surface area contributed by atoms with Gasteiger partial charge in [-0.2, -0.15) is 0 Å². The molecule has 0 saturated carbocycles. The third-order valence-corrected chi connectivity index (χ3v) is 6.07. The van der Waals surface area contributed by atoms with E-state index in [1.807, 2.05) is 24.3 Å². The van der Waals surface area contributed by atoms with Crippen LogP contribution in [0.15, 0.2) is 52.3 Å². The van der Waals surface area contributed by atoms with Crippen molar-refractivity contribution in [2.45, 2.75) is 35.1 Å². The molecule has 2 aromatic carbocycles. The maximum Gasteiger partial charge on any atom is 0.283 e. The van der Waals surface area contributed by atoms with Gasteiger partial charge in [0.15, 0.2) is 0 Å². The molecular formula is C19H21ClN4O3S. The summed E-state index contributed by atoms with van der Waals surface area (Å²) >= 11 is 7.29. The molecule has 0 aromatic heterocycles. The van der Waals surface area contributed by atoms with Gasteiger partial charge in [0.25, 0.3) is 11.6 Å². The number of hydrazine groups is 1. The van der Waals surface area contributed by atoms with Crippen molar-refractivity contribution in [1.29, 1.82) is 0 Å². The Kier molecular flexibility index (Phi) is 6.90. The monoisotopic (exact) mass is 420 g/mol. The second-order valence-corrected chi connectivity index (χ2v) is 8.04. The average Bonchev–Trinajstić information content (AvgIpc) is 2.70. The third-order valence-electron chi connectivity index (χ3n) is 4.70. The van der Waals surface area contributed by atoms with E-state index < -0.39 is 11.0 Å². The first-order valence-electron chi connectivity index (χ1n) is 8.96. The molecule has 1 unspecified atom stereocenters. The molecule has 0 radical (unpaired) electrons. The summed E-state index contributed by atoms with van der Waals surface area (Å²) in [6, 6.07) is 11.3. The summed E-state index contributed by atoms with van der Waals surface area (Å²) in [5.41, 5.74) is 3.02. The van der Waals surface area contributed by atoms with Crippen LogP contribution in [0.25, 0.3) is 0 Å². The second kappa shape index (κ2) is 9.38. The highest BCUT2D eigenvalue weighted by Crippen LogP contribution is 2.40. The second-order valence-electron chi connectivity index (χ2n) is 6.52. The SMILES string of the molecule is NNC(=O)C(c1ccccc1Sc1cc(Cl)ccc1[N+](=O)[O-])N1CCCCC1. The molecule has 1 fully saturated rings. The number of nitro benzene ring substituents is 1. The zero-order valence-corrected chi connectivity index (χ0v) is 16.7. The molecule has 148 valence electrons. The van der Waals surface area contributed by atoms with E-state index >= 15 is 0 Å². The first kappa shape index (κ1) is 20.6. The minimum Gasteiger partial charge on any atom is -0.293 e. The van der Waals surface area contributed by atoms with E-state index in [0.29, 0.717) is 9.92 Å². The van der Waals surface area contributed by atoms with Gasteiger partial charge in [-0.05, 0) is 49.7 Å². The van der Waals surface area contributed by atoms with Crippen molar-refractivity contribution in [2.24, 2.45) is 5.84 Å². The first-order chi connectivity index (χ1) is 13.5. The van der Waals surface area contributed by atoms with Crippen LogP contribution in [0.3, 0.4) is 0 Å². The maximum atomic E-state index is 12.6. The number of nitrogens with zero attached hydrogens (tertiary/aromatic N) is 2. The van der Waals surface area contributed by atoms with Gasteiger partial charge in [0.05, 0.1) is 9.82 Å². The minimum absolute atomic E-state index is 0.0259. The molecule has 1 aliphatic heterocycles. The Morgan fingerprint density at radius 1 is 1.18 bits per heavy atom. The standard InChI is InChI=1S/C19H21ClN4O3S/c20-13-8-9-15(24(26)27)17(12-13)28-16-7-3-2-6-14(16)18(19(25)22-21)23-10-4-1-5-11-23/h2-3,6-9,12,18H,1,4-5,10-11,21H2,(H,22,25). The largest absolute Gasteiger partial charge is 0.293 e. The predicted octanol–water partition coefficient (Wildman–Crippen LogP) is 3.92. The maximum absolute atomic E-state index is 12.6. The fourth-order valence-electron chi connectivity index (χ4n) is 3.40. The van der Waals surface area contributed by atoms with Gasteiger partial charge in [-0.3, -0.25) is 25.2 Å². The summed E-state index contributed by atoms with van der Waals surface area (Å²) in [6.07, 6.45) is 3.17. The van der Waals surface area contributed by atoms with Gasteiger partial charge in [0.1, 0.15) is 6.04 Å². The number of likely N-dealkylation sites (tertiary alicyclic amines) is 1. The number of nitro groups is 1. The van der Waals surface area contributed by atoms with Crippen molar-refractivity contribution in [3.63, 3.8) is 0 Å². The fourth-order valence-corrected chi connectivity index (χ4v) is 4.75. The topological polar surface area (TPSA) is 101 Å². The molecule has 3 rings (SSSR count). The number of nitrogens with one attached hydrogen (secondary N) is 1. The summed E-state index contributed by atoms with van der Waals surface area (Å²) < 4.78 is 0. The van der Waals surface area contributed by atoms with Crippen molar-refractivity contribution in [3.05, 3.63) is 63.2 Å². The Bertz CT molecular complexity index is 874. The zero-order valence-electron chi connectivity index (χ0n) is 15.1. The number of amides is 1. The minimum atomic E-state index is -0.549. The van der Waals surface area contributed by atoms with E-state index in [2.05, 4.69) is 10.3 Å². The van der Waals surface area contributed by atoms with Crippen LogP contribution >= 0.6 is 23.4 Å². The van der Waals surface area contributed by atoms with Crippen molar-refractivity contribution in [3.8, 4) is 0 Å². The molecule has 1 heterocycles. The van der Waals surface area contributed by atoms with Crippen LogP contribution in [0.4, 0.5) is 5.69 Å². The van der Waals surface area contributed by atoms with E-state index in [0.717, 1.165) is 42.8 Å². The van der Waals surface area contributed by atoms with Crippen LogP contribution in [0.1, 0.15) is 30.9 Å². The highest BCUT2D eigenvalue weighted by atomic mass is 35.5. The summed E-state index contributed by atoms with van der Waals surface area (Å²) in [5.74, 6) is 5.17. The van der Waals surface area contributed by atoms with Crippen LogP contribution in [-0.4, -0.2) is 28.8 Å². The summed E-state index contributed by atoms with van der Waals surface area (Å²) in [7, 11) is 0. The Hall–Kier alpha value is -2.13. The third kappa shape index (κ3) is 4.64. The van der Waals surface area contributed by atoms with Crippen LogP contribution < -0.4 is 11.3 Å². The van der Waals surface area contributed by atoms with Gasteiger partial charge in [0, 0.05) is 16.0 Å². The lowest BCUT2D eigenvalue weighted by Gasteiger charge is -2.34. The van der Waals surface area contributed by atoms with Crippen molar-refractivity contribution < 1.29 is 9.72 Å². The highest BCUT2D eigenvalue weighted by molar-refractivity contribution is 7.99. The molecule has 3 N–H and O–H groups in total. The molecule has 28 heavy (non-hydrogen) atoms. The lowest BCUT2D eigenvalue weighted by atomic mass is 10.0. The number of halogens is 1. The molecule has 0 bridgehead atoms. The molecule has 0 aliphatic carbocycles. The van der Waals surface area contributed by atoms with E-state index in [4.69, 9.17) is 17.4 Å². The number of rotatable bonds is 6. The van der Waals surface area contributed by atoms with Gasteiger partial charge < -0.3 is 0 Å². The number of carbonyl (C=O) groups is 1. The van der Waals surface area contributed by atoms with Crippen LogP contribution in [0.5, 0.6) is 0 Å². The molecular weight excluding hydrogens is 400 g/mol. The van der Waals surface area contributed by atoms with E-state index in [1.165, 1.54) is 23.9 Å². The number of nitrogens with two attached hydrogens (primary N) is 1. The molecule has 1 saturated heterocycles. The van der Waals surface area contributed by atoms with E-state index in [-0.39, 0.29) is 11.6 Å². The number of carbonyl (C=O) groups excluding carboxylic acids is 1. The van der Waals surface area contributed by atoms with Crippen molar-refractivity contribution in [1.82, 2.24) is 10.3 Å². The fraction of sp³-hybridized carbons (Fsp3) is 0.316. The Morgan fingerprint density at radius 3 is 2.57 bits per heavy atom. The number of benzene rings is 2. The molecule has 9 heteroatoms. The average molecular weight is 421 g/mol. The molecule has 2 aromatic rings. The highest BCUT2D eigenvalue weighted by Gasteiger charge is 2.30. The molecule has 1 atom stereocenters. The lowest BCUT2D eigenvalue weighted by molar-refractivity contribution is -0.387. The lowest BCUT2D eigenvalue weighted by Crippen LogP contribution is -2.45. The van der Waals surface area contributed by atoms with Gasteiger partial charge in [-0.15, -0.1) is 0 Å². The van der Waals surface area contributed by atoms with E-state index in [1.54, 1.807) is 6.07 Å². The number of hydrogen-bond donors (Lipinski definition) is 2. The predicted molar refractivity (Wildman–Crippen MR) is 109 cm³/mol. The van der Waals surface area contributed by atoms with Gasteiger partial charge in [-0.1, -0.05) is 48.0 Å². The van der Waals surface area contributed by atoms with Crippen LogP contribution in [0, 0.1) is 10.1 Å². The molecule has 7 nitrogen and oxygen atoms in total. The van der Waals surface area contributed by atoms with Gasteiger partial charge >= 0.3 is 0 Å². The molecule has 1 amide bonds. The summed E-state index contributed by atoms with van der Waals surface area (Å²) in [6.45, 7) is 1.60. The van der Waals surface area contributed by atoms with Gasteiger partial charge in [0.2, 0.25) is 0 Å². The molecule has 0 spiro atoms. The Labute approximate surface area is 172 Å². The van der Waals surface area contributed by atoms with Crippen LogP contribution in [-0.2, 0) is 4.79 Å². The Morgan fingerprint density at radius 2 is 1.89 bits per heavy atom. The smallest absolute Gasteiger partial charge is 0.283 e. The number of hydrogen-bond acceptors (Lipinski definition) is 6. The molecule has 1 aliphatic rings. The zero-order chi connectivity index (χ0) is 20.1. The van der Waals surface area contributed by atoms with Crippen LogP contribution in [0.2, 0.25) is 5.02 Å². The quantitative estimate of drug-likeness (QED) is 0.318. The normalized spacial score (nSPS) is 15.8. The Balaban J connectivity index is 2.01. The number of piperidine rings is 1. The summed E-state index contributed by atoms with van der Waals surface area (Å²) in [4.78, 5) is 26.9. The first-order valence-corrected chi connectivity index (χ1v) is 10.2. The summed E-state index contributed by atoms with van der Waals surface area (Å²) in [5, 5.41) is 11.8. The van der Waals surface area contributed by atoms with Crippen molar-refractivity contribution in [2.75, 3.05) is 13.1 Å².